The van der Waals surface area contributed by atoms with Gasteiger partial charge in [0, 0.05) is 6.07 Å². The smallest absolute Gasteiger partial charge is 0.146 e. The first-order valence-electron chi connectivity index (χ1n) is 13.8. The van der Waals surface area contributed by atoms with Gasteiger partial charge in [0.1, 0.15) is 22.9 Å². The zero-order valence-electron chi connectivity index (χ0n) is 22.0. The predicted octanol–water partition coefficient (Wildman–Crippen LogP) is 9.94. The summed E-state index contributed by atoms with van der Waals surface area (Å²) in [4.78, 5) is 0. The highest BCUT2D eigenvalue weighted by atomic mass is 16.5. The number of hydrogen-bond donors (Lipinski definition) is 2. The van der Waals surface area contributed by atoms with E-state index in [0.29, 0.717) is 11.4 Å². The third-order valence-electron chi connectivity index (χ3n) is 6.35. The molecule has 0 unspecified atom stereocenters. The summed E-state index contributed by atoms with van der Waals surface area (Å²) in [6, 6.07) is 10.6. The van der Waals surface area contributed by atoms with Crippen LogP contribution in [0.1, 0.15) is 109 Å². The molecule has 0 saturated heterocycles. The summed E-state index contributed by atoms with van der Waals surface area (Å²) in [7, 11) is 0. The fourth-order valence-electron chi connectivity index (χ4n) is 4.13. The van der Waals surface area contributed by atoms with Gasteiger partial charge < -0.3 is 14.9 Å². The highest BCUT2D eigenvalue weighted by Gasteiger charge is 2.09. The molecule has 0 fully saturated rings. The summed E-state index contributed by atoms with van der Waals surface area (Å²) in [6.07, 6.45) is 18.3. The minimum absolute atomic E-state index is 0.0647. The summed E-state index contributed by atoms with van der Waals surface area (Å²) in [6.45, 7) is 5.18. The van der Waals surface area contributed by atoms with E-state index in [0.717, 1.165) is 43.6 Å². The SMILES string of the molecule is CCCCCCCCCCCCc1cc(N=Nc2ccc(OCCCCCC)cc2)c(O)cc1O. The van der Waals surface area contributed by atoms with Crippen LogP contribution in [-0.4, -0.2) is 16.8 Å². The number of hydrogen-bond acceptors (Lipinski definition) is 5. The van der Waals surface area contributed by atoms with Gasteiger partial charge in [0.05, 0.1) is 12.3 Å². The normalized spacial score (nSPS) is 11.4. The average molecular weight is 483 g/mol. The number of benzene rings is 2. The van der Waals surface area contributed by atoms with Gasteiger partial charge in [-0.25, -0.2) is 0 Å². The topological polar surface area (TPSA) is 74.4 Å². The number of aromatic hydroxyl groups is 2. The molecule has 5 heteroatoms. The molecule has 0 aliphatic heterocycles. The lowest BCUT2D eigenvalue weighted by molar-refractivity contribution is 0.305. The second kappa shape index (κ2) is 17.8. The van der Waals surface area contributed by atoms with Crippen molar-refractivity contribution in [1.82, 2.24) is 0 Å². The van der Waals surface area contributed by atoms with E-state index in [1.807, 2.05) is 24.3 Å². The molecule has 0 saturated carbocycles. The molecule has 0 spiro atoms. The molecular weight excluding hydrogens is 436 g/mol. The molecule has 2 aromatic carbocycles. The van der Waals surface area contributed by atoms with Crippen LogP contribution in [0.5, 0.6) is 17.2 Å². The van der Waals surface area contributed by atoms with Gasteiger partial charge in [-0.3, -0.25) is 0 Å². The highest BCUT2D eigenvalue weighted by molar-refractivity contribution is 5.57. The first kappa shape index (κ1) is 28.7. The number of rotatable bonds is 19. The van der Waals surface area contributed by atoms with E-state index in [4.69, 9.17) is 4.74 Å². The lowest BCUT2D eigenvalue weighted by Crippen LogP contribution is -1.96. The Hall–Kier alpha value is -2.56. The Morgan fingerprint density at radius 3 is 1.83 bits per heavy atom. The Kier molecular flexibility index (Phi) is 14.6. The second-order valence-electron chi connectivity index (χ2n) is 9.50. The third kappa shape index (κ3) is 12.1. The predicted molar refractivity (Wildman–Crippen MR) is 146 cm³/mol. The molecule has 5 nitrogen and oxygen atoms in total. The number of unbranched alkanes of at least 4 members (excludes halogenated alkanes) is 12. The van der Waals surface area contributed by atoms with Crippen molar-refractivity contribution in [1.29, 1.82) is 0 Å². The van der Waals surface area contributed by atoms with Crippen LogP contribution in [0, 0.1) is 0 Å². The summed E-state index contributed by atoms with van der Waals surface area (Å²) in [5.41, 5.74) is 1.87. The minimum Gasteiger partial charge on any atom is -0.508 e. The molecule has 0 radical (unpaired) electrons. The van der Waals surface area contributed by atoms with E-state index in [2.05, 4.69) is 24.1 Å². The number of nitrogens with zero attached hydrogens (tertiary/aromatic N) is 2. The molecule has 35 heavy (non-hydrogen) atoms. The summed E-state index contributed by atoms with van der Waals surface area (Å²) >= 11 is 0. The molecule has 2 N–H and O–H groups in total. The summed E-state index contributed by atoms with van der Waals surface area (Å²) in [5, 5.41) is 28.9. The van der Waals surface area contributed by atoms with E-state index >= 15 is 0 Å². The molecule has 0 amide bonds. The van der Waals surface area contributed by atoms with E-state index in [1.54, 1.807) is 6.07 Å². The molecule has 0 aliphatic carbocycles. The molecule has 2 rings (SSSR count). The number of ether oxygens (including phenoxy) is 1. The zero-order chi connectivity index (χ0) is 25.1. The van der Waals surface area contributed by atoms with E-state index in [9.17, 15) is 10.2 Å². The van der Waals surface area contributed by atoms with Crippen molar-refractivity contribution in [2.75, 3.05) is 6.61 Å². The Morgan fingerprint density at radius 2 is 1.20 bits per heavy atom. The van der Waals surface area contributed by atoms with Gasteiger partial charge in [-0.15, -0.1) is 5.11 Å². The van der Waals surface area contributed by atoms with Crippen LogP contribution >= 0.6 is 0 Å². The number of phenolic OH excluding ortho intramolecular Hbond substituents is 2. The quantitative estimate of drug-likeness (QED) is 0.154. The fourth-order valence-corrected chi connectivity index (χ4v) is 4.13. The lowest BCUT2D eigenvalue weighted by atomic mass is 10.0. The van der Waals surface area contributed by atoms with Crippen LogP contribution in [0.25, 0.3) is 0 Å². The van der Waals surface area contributed by atoms with E-state index in [1.165, 1.54) is 76.7 Å². The van der Waals surface area contributed by atoms with Gasteiger partial charge in [0.15, 0.2) is 0 Å². The highest BCUT2D eigenvalue weighted by Crippen LogP contribution is 2.35. The maximum Gasteiger partial charge on any atom is 0.146 e. The summed E-state index contributed by atoms with van der Waals surface area (Å²) in [5.74, 6) is 0.884. The van der Waals surface area contributed by atoms with Gasteiger partial charge in [-0.05, 0) is 55.2 Å². The summed E-state index contributed by atoms with van der Waals surface area (Å²) < 4.78 is 5.77. The molecule has 0 aromatic heterocycles. The second-order valence-corrected chi connectivity index (χ2v) is 9.50. The molecule has 0 heterocycles. The maximum absolute atomic E-state index is 10.2. The van der Waals surface area contributed by atoms with Gasteiger partial charge in [-0.2, -0.15) is 5.11 Å². The number of aryl methyl sites for hydroxylation is 1. The average Bonchev–Trinajstić information content (AvgIpc) is 2.86. The standard InChI is InChI=1S/C30H46N2O3/c1-3-5-7-9-10-11-12-13-14-15-17-25-23-28(30(34)24-29(25)33)32-31-26-18-20-27(21-19-26)35-22-16-8-6-4-2/h18-21,23-24,33-34H,3-17,22H2,1-2H3. The Morgan fingerprint density at radius 1 is 0.629 bits per heavy atom. The first-order valence-corrected chi connectivity index (χ1v) is 13.8. The van der Waals surface area contributed by atoms with Crippen molar-refractivity contribution in [2.45, 2.75) is 110 Å². The van der Waals surface area contributed by atoms with Crippen molar-refractivity contribution < 1.29 is 14.9 Å². The Bertz CT molecular complexity index is 849. The monoisotopic (exact) mass is 482 g/mol. The van der Waals surface area contributed by atoms with Gasteiger partial charge in [0.25, 0.3) is 0 Å². The molecule has 0 atom stereocenters. The van der Waals surface area contributed by atoms with Crippen molar-refractivity contribution in [2.24, 2.45) is 10.2 Å². The van der Waals surface area contributed by atoms with Gasteiger partial charge >= 0.3 is 0 Å². The zero-order valence-corrected chi connectivity index (χ0v) is 22.0. The van der Waals surface area contributed by atoms with Crippen LogP contribution in [0.4, 0.5) is 11.4 Å². The van der Waals surface area contributed by atoms with Crippen molar-refractivity contribution in [3.63, 3.8) is 0 Å². The van der Waals surface area contributed by atoms with Crippen molar-refractivity contribution in [3.05, 3.63) is 42.0 Å². The molecule has 0 bridgehead atoms. The first-order chi connectivity index (χ1) is 17.1. The van der Waals surface area contributed by atoms with Crippen LogP contribution in [0.3, 0.4) is 0 Å². The third-order valence-corrected chi connectivity index (χ3v) is 6.35. The lowest BCUT2D eigenvalue weighted by Gasteiger charge is -2.08. The van der Waals surface area contributed by atoms with Crippen molar-refractivity contribution >= 4 is 11.4 Å². The Labute approximate surface area is 212 Å². The van der Waals surface area contributed by atoms with Crippen LogP contribution < -0.4 is 4.74 Å². The molecule has 2 aromatic rings. The van der Waals surface area contributed by atoms with Gasteiger partial charge in [0.2, 0.25) is 0 Å². The molecular formula is C30H46N2O3. The van der Waals surface area contributed by atoms with Gasteiger partial charge in [-0.1, -0.05) is 90.9 Å². The van der Waals surface area contributed by atoms with Crippen LogP contribution in [0.2, 0.25) is 0 Å². The van der Waals surface area contributed by atoms with Crippen LogP contribution in [0.15, 0.2) is 46.6 Å². The molecule has 0 aliphatic rings. The number of phenols is 2. The largest absolute Gasteiger partial charge is 0.508 e. The number of azo groups is 1. The fraction of sp³-hybridized carbons (Fsp3) is 0.600. The Balaban J connectivity index is 1.77. The molecule has 194 valence electrons. The minimum atomic E-state index is -0.0647. The van der Waals surface area contributed by atoms with E-state index < -0.39 is 0 Å². The van der Waals surface area contributed by atoms with Crippen molar-refractivity contribution in [3.8, 4) is 17.2 Å². The van der Waals surface area contributed by atoms with E-state index in [-0.39, 0.29) is 11.5 Å². The maximum atomic E-state index is 10.2. The van der Waals surface area contributed by atoms with Crippen LogP contribution in [-0.2, 0) is 6.42 Å².